The van der Waals surface area contributed by atoms with Gasteiger partial charge in [-0.05, 0) is 35.7 Å². The molecule has 0 saturated carbocycles. The molecule has 0 spiro atoms. The first-order valence-corrected chi connectivity index (χ1v) is 8.70. The second-order valence-corrected chi connectivity index (χ2v) is 6.68. The Balaban J connectivity index is 1.94. The van der Waals surface area contributed by atoms with E-state index >= 15 is 0 Å². The van der Waals surface area contributed by atoms with E-state index in [1.165, 1.54) is 0 Å². The van der Waals surface area contributed by atoms with Crippen molar-refractivity contribution in [3.63, 3.8) is 0 Å². The van der Waals surface area contributed by atoms with Gasteiger partial charge in [-0.2, -0.15) is 0 Å². The first-order chi connectivity index (χ1) is 12.1. The van der Waals surface area contributed by atoms with Gasteiger partial charge in [0.2, 0.25) is 0 Å². The Kier molecular flexibility index (Phi) is 7.98. The number of hydrogen-bond acceptors (Lipinski definition) is 5. The predicted octanol–water partition coefficient (Wildman–Crippen LogP) is 3.32. The lowest BCUT2D eigenvalue weighted by atomic mass is 10.2. The Morgan fingerprint density at radius 1 is 1.08 bits per heavy atom. The number of furan rings is 1. The van der Waals surface area contributed by atoms with Crippen LogP contribution >= 0.6 is 0 Å². The van der Waals surface area contributed by atoms with Crippen LogP contribution in [0.2, 0.25) is 0 Å². The van der Waals surface area contributed by atoms with Crippen LogP contribution < -0.4 is 4.74 Å². The molecule has 0 aliphatic heterocycles. The summed E-state index contributed by atoms with van der Waals surface area (Å²) in [6.45, 7) is 7.07. The van der Waals surface area contributed by atoms with Gasteiger partial charge in [-0.3, -0.25) is 4.90 Å². The molecule has 1 aromatic heterocycles. The van der Waals surface area contributed by atoms with E-state index in [-0.39, 0.29) is 0 Å². The molecule has 0 saturated heterocycles. The van der Waals surface area contributed by atoms with E-state index in [4.69, 9.17) is 13.9 Å². The summed E-state index contributed by atoms with van der Waals surface area (Å²) in [5, 5.41) is 10.3. The first-order valence-electron chi connectivity index (χ1n) is 8.70. The standard InChI is InChI=1S/C20H29NO4/c1-16(2)14-24-15-18(22)12-21(13-20-5-4-10-25-20)11-17-6-8-19(23-3)9-7-17/h4-10,16,18,22H,11-15H2,1-3H3. The van der Waals surface area contributed by atoms with Gasteiger partial charge in [0, 0.05) is 19.7 Å². The number of rotatable bonds is 11. The average Bonchev–Trinajstić information content (AvgIpc) is 3.08. The van der Waals surface area contributed by atoms with Crippen molar-refractivity contribution in [1.29, 1.82) is 0 Å². The van der Waals surface area contributed by atoms with Crippen LogP contribution in [0.1, 0.15) is 25.2 Å². The molecule has 0 bridgehead atoms. The van der Waals surface area contributed by atoms with Crippen molar-refractivity contribution in [1.82, 2.24) is 4.90 Å². The summed E-state index contributed by atoms with van der Waals surface area (Å²) in [4.78, 5) is 2.16. The van der Waals surface area contributed by atoms with Crippen molar-refractivity contribution in [2.24, 2.45) is 5.92 Å². The van der Waals surface area contributed by atoms with Crippen molar-refractivity contribution in [2.75, 3.05) is 26.9 Å². The fourth-order valence-corrected chi connectivity index (χ4v) is 2.59. The summed E-state index contributed by atoms with van der Waals surface area (Å²) in [5.41, 5.74) is 1.16. The highest BCUT2D eigenvalue weighted by Crippen LogP contribution is 2.15. The van der Waals surface area contributed by atoms with Gasteiger partial charge in [-0.15, -0.1) is 0 Å². The zero-order valence-corrected chi connectivity index (χ0v) is 15.4. The largest absolute Gasteiger partial charge is 0.497 e. The molecule has 2 rings (SSSR count). The van der Waals surface area contributed by atoms with E-state index < -0.39 is 6.10 Å². The Morgan fingerprint density at radius 3 is 2.44 bits per heavy atom. The summed E-state index contributed by atoms with van der Waals surface area (Å²) in [7, 11) is 1.66. The first kappa shape index (κ1) is 19.5. The van der Waals surface area contributed by atoms with Gasteiger partial charge >= 0.3 is 0 Å². The Hall–Kier alpha value is -1.82. The molecule has 1 aromatic carbocycles. The van der Waals surface area contributed by atoms with Gasteiger partial charge in [0.05, 0.1) is 32.6 Å². The Labute approximate surface area is 150 Å². The van der Waals surface area contributed by atoms with E-state index in [2.05, 4.69) is 18.7 Å². The van der Waals surface area contributed by atoms with Gasteiger partial charge in [0.15, 0.2) is 0 Å². The maximum atomic E-state index is 10.3. The van der Waals surface area contributed by atoms with E-state index in [0.29, 0.717) is 38.8 Å². The van der Waals surface area contributed by atoms with Gasteiger partial charge in [0.25, 0.3) is 0 Å². The predicted molar refractivity (Wildman–Crippen MR) is 97.5 cm³/mol. The fraction of sp³-hybridized carbons (Fsp3) is 0.500. The summed E-state index contributed by atoms with van der Waals surface area (Å²) >= 11 is 0. The van der Waals surface area contributed by atoms with Crippen LogP contribution in [0, 0.1) is 5.92 Å². The molecule has 1 N–H and O–H groups in total. The lowest BCUT2D eigenvalue weighted by Crippen LogP contribution is -2.34. The molecule has 0 aliphatic rings. The highest BCUT2D eigenvalue weighted by Gasteiger charge is 2.15. The van der Waals surface area contributed by atoms with Crippen LogP contribution in [0.4, 0.5) is 0 Å². The van der Waals surface area contributed by atoms with Gasteiger partial charge in [0.1, 0.15) is 11.5 Å². The third-order valence-corrected chi connectivity index (χ3v) is 3.76. The summed E-state index contributed by atoms with van der Waals surface area (Å²) < 4.78 is 16.2. The molecule has 1 heterocycles. The number of nitrogens with zero attached hydrogens (tertiary/aromatic N) is 1. The maximum absolute atomic E-state index is 10.3. The molecule has 0 fully saturated rings. The third-order valence-electron chi connectivity index (χ3n) is 3.76. The normalized spacial score (nSPS) is 12.7. The second-order valence-electron chi connectivity index (χ2n) is 6.68. The Morgan fingerprint density at radius 2 is 1.84 bits per heavy atom. The highest BCUT2D eigenvalue weighted by molar-refractivity contribution is 5.27. The average molecular weight is 347 g/mol. The van der Waals surface area contributed by atoms with Gasteiger partial charge in [-0.25, -0.2) is 0 Å². The van der Waals surface area contributed by atoms with E-state index in [0.717, 1.165) is 17.1 Å². The van der Waals surface area contributed by atoms with E-state index in [9.17, 15) is 5.11 Å². The summed E-state index contributed by atoms with van der Waals surface area (Å²) in [6, 6.07) is 11.8. The van der Waals surface area contributed by atoms with Gasteiger partial charge < -0.3 is 19.0 Å². The smallest absolute Gasteiger partial charge is 0.118 e. The van der Waals surface area contributed by atoms with Crippen molar-refractivity contribution >= 4 is 0 Å². The van der Waals surface area contributed by atoms with Crippen LogP contribution in [0.3, 0.4) is 0 Å². The molecule has 0 radical (unpaired) electrons. The number of benzene rings is 1. The lowest BCUT2D eigenvalue weighted by Gasteiger charge is -2.24. The molecule has 138 valence electrons. The minimum atomic E-state index is -0.535. The number of aliphatic hydroxyl groups excluding tert-OH is 1. The maximum Gasteiger partial charge on any atom is 0.118 e. The third kappa shape index (κ3) is 7.30. The van der Waals surface area contributed by atoms with Crippen LogP contribution in [-0.4, -0.2) is 43.0 Å². The zero-order chi connectivity index (χ0) is 18.1. The molecular formula is C20H29NO4. The minimum absolute atomic E-state index is 0.343. The monoisotopic (exact) mass is 347 g/mol. The van der Waals surface area contributed by atoms with Crippen molar-refractivity contribution in [2.45, 2.75) is 33.0 Å². The van der Waals surface area contributed by atoms with Crippen LogP contribution in [0.5, 0.6) is 5.75 Å². The molecule has 1 atom stereocenters. The zero-order valence-electron chi connectivity index (χ0n) is 15.4. The van der Waals surface area contributed by atoms with E-state index in [1.54, 1.807) is 13.4 Å². The molecule has 0 amide bonds. The SMILES string of the molecule is COc1ccc(CN(Cc2ccco2)CC(O)COCC(C)C)cc1. The van der Waals surface area contributed by atoms with E-state index in [1.807, 2.05) is 36.4 Å². The minimum Gasteiger partial charge on any atom is -0.497 e. The van der Waals surface area contributed by atoms with Crippen molar-refractivity contribution < 1.29 is 19.0 Å². The highest BCUT2D eigenvalue weighted by atomic mass is 16.5. The molecule has 5 heteroatoms. The Bertz CT molecular complexity index is 580. The quantitative estimate of drug-likeness (QED) is 0.676. The molecular weight excluding hydrogens is 318 g/mol. The second kappa shape index (κ2) is 10.2. The van der Waals surface area contributed by atoms with Gasteiger partial charge in [-0.1, -0.05) is 26.0 Å². The summed E-state index contributed by atoms with van der Waals surface area (Å²) in [6.07, 6.45) is 1.13. The molecule has 1 unspecified atom stereocenters. The van der Waals surface area contributed by atoms with Crippen molar-refractivity contribution in [3.05, 3.63) is 54.0 Å². The molecule has 5 nitrogen and oxygen atoms in total. The number of ether oxygens (including phenoxy) is 2. The van der Waals surface area contributed by atoms with Crippen LogP contribution in [0.15, 0.2) is 47.1 Å². The number of aliphatic hydroxyl groups is 1. The van der Waals surface area contributed by atoms with Crippen LogP contribution in [0.25, 0.3) is 0 Å². The molecule has 0 aliphatic carbocycles. The number of methoxy groups -OCH3 is 1. The summed E-state index contributed by atoms with van der Waals surface area (Å²) in [5.74, 6) is 2.18. The molecule has 25 heavy (non-hydrogen) atoms. The topological polar surface area (TPSA) is 55.1 Å². The van der Waals surface area contributed by atoms with Crippen LogP contribution in [-0.2, 0) is 17.8 Å². The molecule has 2 aromatic rings. The van der Waals surface area contributed by atoms with Crippen molar-refractivity contribution in [3.8, 4) is 5.75 Å². The lowest BCUT2D eigenvalue weighted by molar-refractivity contribution is 0.00460. The number of hydrogen-bond donors (Lipinski definition) is 1. The fourth-order valence-electron chi connectivity index (χ4n) is 2.59.